The Kier molecular flexibility index (Phi) is 3.96. The third-order valence-corrected chi connectivity index (χ3v) is 3.60. The summed E-state index contributed by atoms with van der Waals surface area (Å²) in [7, 11) is 1.94. The molecule has 2 heterocycles. The van der Waals surface area contributed by atoms with Gasteiger partial charge < -0.3 is 15.2 Å². The van der Waals surface area contributed by atoms with Crippen LogP contribution < -0.4 is 5.73 Å². The zero-order valence-electron chi connectivity index (χ0n) is 11.0. The van der Waals surface area contributed by atoms with Gasteiger partial charge in [-0.1, -0.05) is 6.92 Å². The van der Waals surface area contributed by atoms with Crippen molar-refractivity contribution >= 4 is 5.91 Å². The van der Waals surface area contributed by atoms with Crippen molar-refractivity contribution in [3.05, 3.63) is 12.2 Å². The second kappa shape index (κ2) is 5.48. The van der Waals surface area contributed by atoms with Crippen molar-refractivity contribution in [1.82, 2.24) is 19.7 Å². The van der Waals surface area contributed by atoms with Gasteiger partial charge in [0.05, 0.1) is 6.04 Å². The Morgan fingerprint density at radius 2 is 2.44 bits per heavy atom. The summed E-state index contributed by atoms with van der Waals surface area (Å²) in [5, 5.41) is 8.04. The first-order valence-corrected chi connectivity index (χ1v) is 6.51. The number of carbonyl (C=O) groups excluding carboxylic acids is 1. The maximum Gasteiger partial charge on any atom is 0.239 e. The van der Waals surface area contributed by atoms with Gasteiger partial charge in [0.25, 0.3) is 0 Å². The highest BCUT2D eigenvalue weighted by Gasteiger charge is 2.29. The quantitative estimate of drug-likeness (QED) is 0.836. The van der Waals surface area contributed by atoms with Crippen LogP contribution in [-0.2, 0) is 11.8 Å². The van der Waals surface area contributed by atoms with Crippen LogP contribution in [0.4, 0.5) is 0 Å². The summed E-state index contributed by atoms with van der Waals surface area (Å²) in [6.07, 6.45) is 4.44. The number of hydrogen-bond donors (Lipinski definition) is 1. The van der Waals surface area contributed by atoms with Crippen molar-refractivity contribution in [3.63, 3.8) is 0 Å². The Bertz CT molecular complexity index is 416. The van der Waals surface area contributed by atoms with Gasteiger partial charge in [-0.05, 0) is 19.3 Å². The van der Waals surface area contributed by atoms with E-state index in [2.05, 4.69) is 10.2 Å². The maximum atomic E-state index is 12.1. The summed E-state index contributed by atoms with van der Waals surface area (Å²) in [5.74, 6) is 1.29. The lowest BCUT2D eigenvalue weighted by Gasteiger charge is -2.33. The first-order chi connectivity index (χ1) is 8.63. The van der Waals surface area contributed by atoms with Crippen LogP contribution in [0.2, 0.25) is 0 Å². The molecule has 1 aliphatic rings. The molecule has 1 aliphatic heterocycles. The van der Waals surface area contributed by atoms with Crippen LogP contribution in [0, 0.1) is 0 Å². The van der Waals surface area contributed by atoms with E-state index in [1.807, 2.05) is 23.4 Å². The monoisotopic (exact) mass is 251 g/mol. The number of piperidine rings is 1. The molecule has 0 bridgehead atoms. The largest absolute Gasteiger partial charge is 0.341 e. The van der Waals surface area contributed by atoms with Crippen LogP contribution in [0.3, 0.4) is 0 Å². The van der Waals surface area contributed by atoms with Crippen molar-refractivity contribution in [3.8, 4) is 0 Å². The summed E-state index contributed by atoms with van der Waals surface area (Å²) < 4.78 is 1.93. The number of nitrogens with two attached hydrogens (primary N) is 1. The Balaban J connectivity index is 2.05. The van der Waals surface area contributed by atoms with E-state index in [9.17, 15) is 4.79 Å². The van der Waals surface area contributed by atoms with Crippen molar-refractivity contribution < 1.29 is 4.79 Å². The summed E-state index contributed by atoms with van der Waals surface area (Å²) in [5.41, 5.74) is 5.82. The summed E-state index contributed by atoms with van der Waals surface area (Å²) >= 11 is 0. The zero-order chi connectivity index (χ0) is 13.1. The second-order valence-corrected chi connectivity index (χ2v) is 4.94. The molecule has 0 aliphatic carbocycles. The Morgan fingerprint density at radius 3 is 3.06 bits per heavy atom. The molecule has 6 nitrogen and oxygen atoms in total. The SMILES string of the molecule is CC[C@H](N)C(=O)N1CCCC(c2nncn2C)C1. The molecule has 0 spiro atoms. The molecular weight excluding hydrogens is 230 g/mol. The molecule has 0 radical (unpaired) electrons. The van der Waals surface area contributed by atoms with E-state index in [4.69, 9.17) is 5.73 Å². The van der Waals surface area contributed by atoms with Gasteiger partial charge in [0.1, 0.15) is 12.2 Å². The van der Waals surface area contributed by atoms with Gasteiger partial charge in [-0.2, -0.15) is 0 Å². The lowest BCUT2D eigenvalue weighted by atomic mass is 9.96. The van der Waals surface area contributed by atoms with Gasteiger partial charge >= 0.3 is 0 Å². The van der Waals surface area contributed by atoms with Crippen LogP contribution in [-0.4, -0.2) is 44.7 Å². The van der Waals surface area contributed by atoms with Crippen molar-refractivity contribution in [2.75, 3.05) is 13.1 Å². The highest BCUT2D eigenvalue weighted by Crippen LogP contribution is 2.25. The molecule has 1 saturated heterocycles. The Labute approximate surface area is 107 Å². The van der Waals surface area contributed by atoms with E-state index >= 15 is 0 Å². The molecule has 0 aromatic carbocycles. The predicted octanol–water partition coefficient (Wildman–Crippen LogP) is 0.258. The fourth-order valence-corrected chi connectivity index (χ4v) is 2.46. The van der Waals surface area contributed by atoms with Gasteiger partial charge in [-0.3, -0.25) is 4.79 Å². The number of carbonyl (C=O) groups is 1. The van der Waals surface area contributed by atoms with Crippen molar-refractivity contribution in [1.29, 1.82) is 0 Å². The molecule has 2 rings (SSSR count). The molecule has 1 aromatic rings. The molecule has 2 N–H and O–H groups in total. The van der Waals surface area contributed by atoms with Gasteiger partial charge in [0.2, 0.25) is 5.91 Å². The summed E-state index contributed by atoms with van der Waals surface area (Å²) in [6.45, 7) is 3.45. The van der Waals surface area contributed by atoms with Gasteiger partial charge in [-0.15, -0.1) is 10.2 Å². The van der Waals surface area contributed by atoms with E-state index in [1.165, 1.54) is 0 Å². The smallest absolute Gasteiger partial charge is 0.239 e. The minimum atomic E-state index is -0.372. The summed E-state index contributed by atoms with van der Waals surface area (Å²) in [4.78, 5) is 14.0. The van der Waals surface area contributed by atoms with E-state index < -0.39 is 0 Å². The first kappa shape index (κ1) is 13.0. The van der Waals surface area contributed by atoms with Crippen LogP contribution in [0.15, 0.2) is 6.33 Å². The van der Waals surface area contributed by atoms with Gasteiger partial charge in [-0.25, -0.2) is 0 Å². The molecule has 1 aromatic heterocycles. The van der Waals surface area contributed by atoms with E-state index in [0.29, 0.717) is 13.0 Å². The van der Waals surface area contributed by atoms with Crippen molar-refractivity contribution in [2.24, 2.45) is 12.8 Å². The van der Waals surface area contributed by atoms with E-state index in [0.717, 1.165) is 25.2 Å². The van der Waals surface area contributed by atoms with Crippen LogP contribution >= 0.6 is 0 Å². The van der Waals surface area contributed by atoms with Gasteiger partial charge in [0, 0.05) is 26.1 Å². The van der Waals surface area contributed by atoms with Crippen LogP contribution in [0.5, 0.6) is 0 Å². The Morgan fingerprint density at radius 1 is 1.67 bits per heavy atom. The lowest BCUT2D eigenvalue weighted by molar-refractivity contribution is -0.133. The topological polar surface area (TPSA) is 77.0 Å². The maximum absolute atomic E-state index is 12.1. The standard InChI is InChI=1S/C12H21N5O/c1-3-10(13)12(18)17-6-4-5-9(7-17)11-15-14-8-16(11)2/h8-10H,3-7,13H2,1-2H3/t9?,10-/m0/s1. The third-order valence-electron chi connectivity index (χ3n) is 3.60. The normalized spacial score (nSPS) is 21.9. The fraction of sp³-hybridized carbons (Fsp3) is 0.750. The van der Waals surface area contributed by atoms with E-state index in [1.54, 1.807) is 6.33 Å². The second-order valence-electron chi connectivity index (χ2n) is 4.94. The molecule has 1 unspecified atom stereocenters. The molecule has 18 heavy (non-hydrogen) atoms. The number of aromatic nitrogens is 3. The number of aryl methyl sites for hydroxylation is 1. The molecular formula is C12H21N5O. The fourth-order valence-electron chi connectivity index (χ4n) is 2.46. The molecule has 1 amide bonds. The van der Waals surface area contributed by atoms with Crippen molar-refractivity contribution in [2.45, 2.75) is 38.1 Å². The number of nitrogens with zero attached hydrogens (tertiary/aromatic N) is 4. The first-order valence-electron chi connectivity index (χ1n) is 6.51. The number of rotatable bonds is 3. The van der Waals surface area contributed by atoms with Crippen LogP contribution in [0.1, 0.15) is 37.9 Å². The zero-order valence-corrected chi connectivity index (χ0v) is 11.0. The Hall–Kier alpha value is -1.43. The van der Waals surface area contributed by atoms with Crippen LogP contribution in [0.25, 0.3) is 0 Å². The number of hydrogen-bond acceptors (Lipinski definition) is 4. The molecule has 2 atom stereocenters. The van der Waals surface area contributed by atoms with Gasteiger partial charge in [0.15, 0.2) is 0 Å². The number of amides is 1. The lowest BCUT2D eigenvalue weighted by Crippen LogP contribution is -2.47. The predicted molar refractivity (Wildman–Crippen MR) is 67.8 cm³/mol. The molecule has 0 saturated carbocycles. The summed E-state index contributed by atoms with van der Waals surface area (Å²) in [6, 6.07) is -0.372. The molecule has 6 heteroatoms. The highest BCUT2D eigenvalue weighted by molar-refractivity contribution is 5.81. The average molecular weight is 251 g/mol. The minimum absolute atomic E-state index is 0.0596. The average Bonchev–Trinajstić information content (AvgIpc) is 2.83. The molecule has 100 valence electrons. The van der Waals surface area contributed by atoms with E-state index in [-0.39, 0.29) is 17.9 Å². The number of likely N-dealkylation sites (tertiary alicyclic amines) is 1. The third kappa shape index (κ3) is 2.53. The minimum Gasteiger partial charge on any atom is -0.341 e. The molecule has 1 fully saturated rings. The highest BCUT2D eigenvalue weighted by atomic mass is 16.2.